The first kappa shape index (κ1) is 19.0. The highest BCUT2D eigenvalue weighted by Crippen LogP contribution is 2.37. The summed E-state index contributed by atoms with van der Waals surface area (Å²) in [5, 5.41) is 11.3. The Morgan fingerprint density at radius 2 is 2.26 bits per heavy atom. The number of nitro groups is 1. The molecular formula is C19H18ClN3O4. The van der Waals surface area contributed by atoms with Crippen molar-refractivity contribution in [2.75, 3.05) is 18.1 Å². The molecule has 0 bridgehead atoms. The van der Waals surface area contributed by atoms with E-state index in [-0.39, 0.29) is 23.4 Å². The third kappa shape index (κ3) is 4.15. The van der Waals surface area contributed by atoms with Crippen molar-refractivity contribution < 1.29 is 14.5 Å². The van der Waals surface area contributed by atoms with E-state index in [2.05, 4.69) is 11.6 Å². The van der Waals surface area contributed by atoms with Crippen LogP contribution in [0.15, 0.2) is 49.2 Å². The zero-order valence-electron chi connectivity index (χ0n) is 14.5. The molecule has 1 atom stereocenters. The van der Waals surface area contributed by atoms with E-state index in [0.29, 0.717) is 23.9 Å². The van der Waals surface area contributed by atoms with E-state index in [9.17, 15) is 14.9 Å². The minimum atomic E-state index is -0.598. The van der Waals surface area contributed by atoms with Gasteiger partial charge in [0, 0.05) is 28.9 Å². The molecule has 1 unspecified atom stereocenters. The number of nitrogens with zero attached hydrogens (tertiary/aromatic N) is 3. The fraction of sp³-hybridized carbons (Fsp3) is 0.263. The molecule has 140 valence electrons. The molecule has 3 rings (SSSR count). The molecule has 7 nitrogen and oxygen atoms in total. The molecular weight excluding hydrogens is 370 g/mol. The minimum absolute atomic E-state index is 0.190. The molecule has 0 radical (unpaired) electrons. The van der Waals surface area contributed by atoms with Gasteiger partial charge in [-0.1, -0.05) is 17.7 Å². The molecule has 0 saturated heterocycles. The number of anilines is 1. The predicted molar refractivity (Wildman–Crippen MR) is 102 cm³/mol. The van der Waals surface area contributed by atoms with Crippen molar-refractivity contribution >= 4 is 29.0 Å². The third-order valence-corrected chi connectivity index (χ3v) is 4.55. The lowest BCUT2D eigenvalue weighted by atomic mass is 10.0. The summed E-state index contributed by atoms with van der Waals surface area (Å²) in [4.78, 5) is 28.6. The van der Waals surface area contributed by atoms with Crippen molar-refractivity contribution in [3.63, 3.8) is 0 Å². The number of halogens is 1. The van der Waals surface area contributed by atoms with E-state index in [4.69, 9.17) is 16.3 Å². The number of carbonyl (C=O) groups is 1. The van der Waals surface area contributed by atoms with Crippen LogP contribution < -0.4 is 4.90 Å². The van der Waals surface area contributed by atoms with Gasteiger partial charge in [0.1, 0.15) is 0 Å². The maximum atomic E-state index is 13.0. The van der Waals surface area contributed by atoms with Crippen molar-refractivity contribution in [1.29, 1.82) is 0 Å². The van der Waals surface area contributed by atoms with Crippen LogP contribution in [0.5, 0.6) is 0 Å². The van der Waals surface area contributed by atoms with Crippen molar-refractivity contribution in [2.45, 2.75) is 18.9 Å². The van der Waals surface area contributed by atoms with Crippen LogP contribution in [-0.4, -0.2) is 29.0 Å². The summed E-state index contributed by atoms with van der Waals surface area (Å²) in [7, 11) is 0. The monoisotopic (exact) mass is 387 g/mol. The number of hydrogen-bond donors (Lipinski definition) is 0. The SMILES string of the molecule is C=CCOC1CCCN(C(=O)c2ccc([N+](=O)[O-])nc2)c2ccc(Cl)cc21. The topological polar surface area (TPSA) is 85.6 Å². The Kier molecular flexibility index (Phi) is 5.83. The Labute approximate surface area is 161 Å². The van der Waals surface area contributed by atoms with E-state index < -0.39 is 4.92 Å². The quantitative estimate of drug-likeness (QED) is 0.433. The molecule has 0 aliphatic carbocycles. The van der Waals surface area contributed by atoms with Crippen LogP contribution in [0.4, 0.5) is 11.5 Å². The van der Waals surface area contributed by atoms with E-state index in [1.54, 1.807) is 23.1 Å². The Bertz CT molecular complexity index is 870. The smallest absolute Gasteiger partial charge is 0.363 e. The average Bonchev–Trinajstić information content (AvgIpc) is 2.85. The number of aromatic nitrogens is 1. The van der Waals surface area contributed by atoms with E-state index >= 15 is 0 Å². The van der Waals surface area contributed by atoms with Crippen LogP contribution >= 0.6 is 11.6 Å². The Hall–Kier alpha value is -2.77. The number of pyridine rings is 1. The maximum absolute atomic E-state index is 13.0. The van der Waals surface area contributed by atoms with Gasteiger partial charge in [0.05, 0.1) is 18.3 Å². The summed E-state index contributed by atoms with van der Waals surface area (Å²) < 4.78 is 5.87. The second-order valence-electron chi connectivity index (χ2n) is 6.07. The number of hydrogen-bond acceptors (Lipinski definition) is 5. The van der Waals surface area contributed by atoms with Gasteiger partial charge in [-0.05, 0) is 47.0 Å². The highest BCUT2D eigenvalue weighted by Gasteiger charge is 2.28. The zero-order valence-corrected chi connectivity index (χ0v) is 15.3. The number of ether oxygens (including phenoxy) is 1. The lowest BCUT2D eigenvalue weighted by Crippen LogP contribution is -2.31. The van der Waals surface area contributed by atoms with Crippen LogP contribution in [0.2, 0.25) is 5.02 Å². The van der Waals surface area contributed by atoms with Crippen molar-refractivity contribution in [3.05, 3.63) is 75.4 Å². The highest BCUT2D eigenvalue weighted by molar-refractivity contribution is 6.30. The second-order valence-corrected chi connectivity index (χ2v) is 6.51. The molecule has 1 aliphatic heterocycles. The molecule has 8 heteroatoms. The molecule has 1 aliphatic rings. The molecule has 0 fully saturated rings. The van der Waals surface area contributed by atoms with Gasteiger partial charge in [-0.2, -0.15) is 0 Å². The van der Waals surface area contributed by atoms with Gasteiger partial charge in [-0.3, -0.25) is 4.79 Å². The summed E-state index contributed by atoms with van der Waals surface area (Å²) in [5.41, 5.74) is 1.84. The molecule has 2 aromatic rings. The van der Waals surface area contributed by atoms with Crippen molar-refractivity contribution in [3.8, 4) is 0 Å². The van der Waals surface area contributed by atoms with E-state index in [1.165, 1.54) is 18.3 Å². The maximum Gasteiger partial charge on any atom is 0.363 e. The first-order valence-corrected chi connectivity index (χ1v) is 8.83. The number of amides is 1. The summed E-state index contributed by atoms with van der Waals surface area (Å²) >= 11 is 6.17. The first-order valence-electron chi connectivity index (χ1n) is 8.45. The second kappa shape index (κ2) is 8.28. The summed E-state index contributed by atoms with van der Waals surface area (Å²) in [5.74, 6) is -0.571. The van der Waals surface area contributed by atoms with Crippen LogP contribution in [0.3, 0.4) is 0 Å². The standard InChI is InChI=1S/C19H18ClN3O4/c1-2-10-27-17-4-3-9-22(16-7-6-14(20)11-15(16)17)19(24)13-5-8-18(21-12-13)23(25)26/h2,5-8,11-12,17H,1,3-4,9-10H2. The number of fused-ring (bicyclic) bond motifs is 1. The highest BCUT2D eigenvalue weighted by atomic mass is 35.5. The van der Waals surface area contributed by atoms with Crippen LogP contribution in [0.25, 0.3) is 0 Å². The van der Waals surface area contributed by atoms with Crippen LogP contribution in [0.1, 0.15) is 34.9 Å². The van der Waals surface area contributed by atoms with E-state index in [0.717, 1.165) is 18.4 Å². The van der Waals surface area contributed by atoms with Gasteiger partial charge in [-0.25, -0.2) is 0 Å². The third-order valence-electron chi connectivity index (χ3n) is 4.32. The number of rotatable bonds is 5. The minimum Gasteiger partial charge on any atom is -0.369 e. The van der Waals surface area contributed by atoms with Gasteiger partial charge >= 0.3 is 5.82 Å². The number of benzene rings is 1. The van der Waals surface area contributed by atoms with Gasteiger partial charge in [0.2, 0.25) is 0 Å². The zero-order chi connectivity index (χ0) is 19.4. The molecule has 27 heavy (non-hydrogen) atoms. The molecule has 1 amide bonds. The Morgan fingerprint density at radius 1 is 1.44 bits per heavy atom. The van der Waals surface area contributed by atoms with Crippen LogP contribution in [-0.2, 0) is 4.74 Å². The average molecular weight is 388 g/mol. The molecule has 2 heterocycles. The fourth-order valence-corrected chi connectivity index (χ4v) is 3.27. The largest absolute Gasteiger partial charge is 0.369 e. The van der Waals surface area contributed by atoms with Gasteiger partial charge in [-0.15, -0.1) is 6.58 Å². The van der Waals surface area contributed by atoms with Crippen molar-refractivity contribution in [2.24, 2.45) is 0 Å². The lowest BCUT2D eigenvalue weighted by Gasteiger charge is -2.24. The molecule has 0 N–H and O–H groups in total. The van der Waals surface area contributed by atoms with E-state index in [1.807, 2.05) is 6.07 Å². The van der Waals surface area contributed by atoms with Gasteiger partial charge in [0.25, 0.3) is 5.91 Å². The predicted octanol–water partition coefficient (Wildman–Crippen LogP) is 4.33. The molecule has 1 aromatic carbocycles. The Balaban J connectivity index is 1.95. The Morgan fingerprint density at radius 3 is 2.93 bits per heavy atom. The summed E-state index contributed by atoms with van der Waals surface area (Å²) in [6.07, 6.45) is 4.20. The lowest BCUT2D eigenvalue weighted by molar-refractivity contribution is -0.389. The fourth-order valence-electron chi connectivity index (χ4n) is 3.08. The van der Waals surface area contributed by atoms with Crippen molar-refractivity contribution in [1.82, 2.24) is 4.98 Å². The molecule has 0 saturated carbocycles. The van der Waals surface area contributed by atoms with Gasteiger partial charge in [0.15, 0.2) is 6.20 Å². The van der Waals surface area contributed by atoms with Crippen LogP contribution in [0, 0.1) is 10.1 Å². The first-order chi connectivity index (χ1) is 13.0. The summed E-state index contributed by atoms with van der Waals surface area (Å²) in [6.45, 7) is 4.57. The normalized spacial score (nSPS) is 16.3. The number of carbonyl (C=O) groups excluding carboxylic acids is 1. The molecule has 1 aromatic heterocycles. The summed E-state index contributed by atoms with van der Waals surface area (Å²) in [6, 6.07) is 7.97. The molecule has 0 spiro atoms. The van der Waals surface area contributed by atoms with Gasteiger partial charge < -0.3 is 19.8 Å².